The number of hydrogen-bond acceptors (Lipinski definition) is 5. The first-order valence-electron chi connectivity index (χ1n) is 6.94. The van der Waals surface area contributed by atoms with Crippen LogP contribution >= 0.6 is 0 Å². The minimum absolute atomic E-state index is 0.308. The number of hydrogen-bond donors (Lipinski definition) is 0. The van der Waals surface area contributed by atoms with Gasteiger partial charge in [0.25, 0.3) is 0 Å². The van der Waals surface area contributed by atoms with Crippen molar-refractivity contribution in [1.82, 2.24) is 15.0 Å². The van der Waals surface area contributed by atoms with Gasteiger partial charge in [0.1, 0.15) is 5.76 Å². The second-order valence-electron chi connectivity index (χ2n) is 6.41. The van der Waals surface area contributed by atoms with Crippen molar-refractivity contribution in [3.05, 3.63) is 17.5 Å². The summed E-state index contributed by atoms with van der Waals surface area (Å²) >= 11 is 0. The third-order valence-electron chi connectivity index (χ3n) is 4.29. The maximum absolute atomic E-state index is 5.73. The van der Waals surface area contributed by atoms with Crippen LogP contribution in [-0.4, -0.2) is 61.9 Å². The summed E-state index contributed by atoms with van der Waals surface area (Å²) in [5.41, 5.74) is 1.35. The van der Waals surface area contributed by atoms with E-state index in [0.717, 1.165) is 50.8 Å². The highest BCUT2D eigenvalue weighted by atomic mass is 16.5. The molecule has 0 N–H and O–H groups in total. The van der Waals surface area contributed by atoms with Gasteiger partial charge >= 0.3 is 0 Å². The molecule has 0 aromatic carbocycles. The van der Waals surface area contributed by atoms with Crippen LogP contribution in [0.15, 0.2) is 10.6 Å². The van der Waals surface area contributed by atoms with E-state index >= 15 is 0 Å². The van der Waals surface area contributed by atoms with Crippen molar-refractivity contribution in [3.63, 3.8) is 0 Å². The Labute approximate surface area is 114 Å². The van der Waals surface area contributed by atoms with E-state index in [-0.39, 0.29) is 0 Å². The Balaban J connectivity index is 1.68. The maximum atomic E-state index is 5.73. The monoisotopic (exact) mass is 265 g/mol. The fraction of sp³-hybridized carbons (Fsp3) is 0.786. The quantitative estimate of drug-likeness (QED) is 0.812. The van der Waals surface area contributed by atoms with E-state index in [0.29, 0.717) is 11.3 Å². The third-order valence-corrected chi connectivity index (χ3v) is 4.29. The van der Waals surface area contributed by atoms with Crippen LogP contribution in [0.2, 0.25) is 0 Å². The number of fused-ring (bicyclic) bond motifs is 1. The van der Waals surface area contributed by atoms with Crippen LogP contribution in [0.4, 0.5) is 0 Å². The lowest BCUT2D eigenvalue weighted by Gasteiger charge is -2.30. The second kappa shape index (κ2) is 4.89. The molecule has 0 spiro atoms. The van der Waals surface area contributed by atoms with Crippen molar-refractivity contribution < 1.29 is 9.26 Å². The molecule has 0 radical (unpaired) electrons. The Morgan fingerprint density at radius 2 is 2.37 bits per heavy atom. The molecular formula is C14H23N3O2. The SMILES string of the molecule is Cc1cc(CN2C[C@@H]3COC[C@]3(CN(C)C)C2)no1. The van der Waals surface area contributed by atoms with Crippen molar-refractivity contribution in [1.29, 1.82) is 0 Å². The Kier molecular flexibility index (Phi) is 3.37. The summed E-state index contributed by atoms with van der Waals surface area (Å²) in [6, 6.07) is 2.03. The molecule has 106 valence electrons. The first kappa shape index (κ1) is 13.1. The van der Waals surface area contributed by atoms with E-state index in [2.05, 4.69) is 29.1 Å². The first-order chi connectivity index (χ1) is 9.07. The van der Waals surface area contributed by atoms with Gasteiger partial charge in [-0.3, -0.25) is 4.90 Å². The van der Waals surface area contributed by atoms with Gasteiger partial charge in [-0.15, -0.1) is 0 Å². The molecule has 3 rings (SSSR count). The number of aryl methyl sites for hydroxylation is 1. The molecule has 5 heteroatoms. The van der Waals surface area contributed by atoms with Crippen LogP contribution in [0.1, 0.15) is 11.5 Å². The van der Waals surface area contributed by atoms with Crippen LogP contribution in [0, 0.1) is 18.3 Å². The number of aromatic nitrogens is 1. The van der Waals surface area contributed by atoms with Gasteiger partial charge in [-0.25, -0.2) is 0 Å². The Morgan fingerprint density at radius 3 is 3.05 bits per heavy atom. The molecule has 1 aromatic heterocycles. The lowest BCUT2D eigenvalue weighted by atomic mass is 9.81. The summed E-state index contributed by atoms with van der Waals surface area (Å²) < 4.78 is 10.9. The smallest absolute Gasteiger partial charge is 0.133 e. The molecule has 0 aliphatic carbocycles. The van der Waals surface area contributed by atoms with Crippen molar-refractivity contribution in [2.45, 2.75) is 13.5 Å². The predicted octanol–water partition coefficient (Wildman–Crippen LogP) is 0.993. The third kappa shape index (κ3) is 2.55. The van der Waals surface area contributed by atoms with Crippen LogP contribution < -0.4 is 0 Å². The van der Waals surface area contributed by atoms with Gasteiger partial charge in [-0.05, 0) is 21.0 Å². The number of rotatable bonds is 4. The van der Waals surface area contributed by atoms with Crippen LogP contribution in [-0.2, 0) is 11.3 Å². The van der Waals surface area contributed by atoms with Gasteiger partial charge in [0.15, 0.2) is 0 Å². The summed E-state index contributed by atoms with van der Waals surface area (Å²) in [6.45, 7) is 7.94. The first-order valence-corrected chi connectivity index (χ1v) is 6.94. The fourth-order valence-corrected chi connectivity index (χ4v) is 3.64. The van der Waals surface area contributed by atoms with Crippen molar-refractivity contribution in [2.75, 3.05) is 46.9 Å². The summed E-state index contributed by atoms with van der Waals surface area (Å²) in [4.78, 5) is 4.78. The van der Waals surface area contributed by atoms with Gasteiger partial charge in [0.2, 0.25) is 0 Å². The fourth-order valence-electron chi connectivity index (χ4n) is 3.64. The molecule has 2 saturated heterocycles. The van der Waals surface area contributed by atoms with Crippen molar-refractivity contribution >= 4 is 0 Å². The van der Waals surface area contributed by atoms with E-state index in [1.54, 1.807) is 0 Å². The molecule has 0 saturated carbocycles. The molecule has 1 aromatic rings. The van der Waals surface area contributed by atoms with Gasteiger partial charge in [0, 0.05) is 43.6 Å². The zero-order valence-corrected chi connectivity index (χ0v) is 12.1. The van der Waals surface area contributed by atoms with Gasteiger partial charge in [-0.2, -0.15) is 0 Å². The Morgan fingerprint density at radius 1 is 1.53 bits per heavy atom. The topological polar surface area (TPSA) is 41.7 Å². The molecule has 19 heavy (non-hydrogen) atoms. The van der Waals surface area contributed by atoms with Crippen molar-refractivity contribution in [2.24, 2.45) is 11.3 Å². The van der Waals surface area contributed by atoms with E-state index in [9.17, 15) is 0 Å². The number of likely N-dealkylation sites (tertiary alicyclic amines) is 1. The molecule has 5 nitrogen and oxygen atoms in total. The zero-order chi connectivity index (χ0) is 13.5. The highest BCUT2D eigenvalue weighted by Gasteiger charge is 2.50. The number of ether oxygens (including phenoxy) is 1. The molecule has 3 heterocycles. The van der Waals surface area contributed by atoms with E-state index in [1.807, 2.05) is 13.0 Å². The second-order valence-corrected chi connectivity index (χ2v) is 6.41. The van der Waals surface area contributed by atoms with Crippen LogP contribution in [0.25, 0.3) is 0 Å². The minimum atomic E-state index is 0.308. The van der Waals surface area contributed by atoms with E-state index < -0.39 is 0 Å². The summed E-state index contributed by atoms with van der Waals surface area (Å²) in [7, 11) is 4.29. The van der Waals surface area contributed by atoms with Crippen LogP contribution in [0.5, 0.6) is 0 Å². The summed E-state index contributed by atoms with van der Waals surface area (Å²) in [6.07, 6.45) is 0. The molecule has 2 fully saturated rings. The standard InChI is InChI=1S/C14H23N3O2/c1-11-4-13(15-19-11)6-17-5-12-7-18-10-14(12,9-17)8-16(2)3/h4,12H,5-10H2,1-3H3/t12-,14+/m1/s1. The lowest BCUT2D eigenvalue weighted by Crippen LogP contribution is -2.40. The largest absolute Gasteiger partial charge is 0.380 e. The maximum Gasteiger partial charge on any atom is 0.133 e. The average Bonchev–Trinajstić information content (AvgIpc) is 2.92. The van der Waals surface area contributed by atoms with Gasteiger partial charge < -0.3 is 14.2 Å². The molecule has 0 amide bonds. The predicted molar refractivity (Wildman–Crippen MR) is 71.8 cm³/mol. The molecular weight excluding hydrogens is 242 g/mol. The van der Waals surface area contributed by atoms with E-state index in [4.69, 9.17) is 9.26 Å². The normalized spacial score (nSPS) is 31.3. The zero-order valence-electron chi connectivity index (χ0n) is 12.1. The van der Waals surface area contributed by atoms with Gasteiger partial charge in [0.05, 0.1) is 18.9 Å². The van der Waals surface area contributed by atoms with Gasteiger partial charge in [-0.1, -0.05) is 5.16 Å². The average molecular weight is 265 g/mol. The highest BCUT2D eigenvalue weighted by molar-refractivity contribution is 5.06. The summed E-state index contributed by atoms with van der Waals surface area (Å²) in [5, 5.41) is 4.10. The number of nitrogens with zero attached hydrogens (tertiary/aromatic N) is 3. The Hall–Kier alpha value is -0.910. The molecule has 0 bridgehead atoms. The molecule has 2 aliphatic heterocycles. The van der Waals surface area contributed by atoms with Crippen LogP contribution in [0.3, 0.4) is 0 Å². The minimum Gasteiger partial charge on any atom is -0.380 e. The lowest BCUT2D eigenvalue weighted by molar-refractivity contribution is 0.109. The Bertz CT molecular complexity index is 446. The molecule has 2 atom stereocenters. The summed E-state index contributed by atoms with van der Waals surface area (Å²) in [5.74, 6) is 1.55. The van der Waals surface area contributed by atoms with Crippen molar-refractivity contribution in [3.8, 4) is 0 Å². The molecule has 2 aliphatic rings. The molecule has 0 unspecified atom stereocenters. The van der Waals surface area contributed by atoms with E-state index in [1.165, 1.54) is 0 Å². The highest BCUT2D eigenvalue weighted by Crippen LogP contribution is 2.42.